The molecular weight excluding hydrogens is 572 g/mol. The molecule has 2 unspecified atom stereocenters. The lowest BCUT2D eigenvalue weighted by Gasteiger charge is -2.32. The minimum absolute atomic E-state index is 0.0700. The Morgan fingerprint density at radius 3 is 2.69 bits per heavy atom. The van der Waals surface area contributed by atoms with Crippen molar-refractivity contribution in [1.82, 2.24) is 5.16 Å². The second kappa shape index (κ2) is 13.6. The van der Waals surface area contributed by atoms with E-state index in [0.717, 1.165) is 42.2 Å². The molecule has 1 amide bonds. The van der Waals surface area contributed by atoms with Crippen molar-refractivity contribution in [3.05, 3.63) is 60.3 Å². The van der Waals surface area contributed by atoms with Crippen LogP contribution in [0.4, 0.5) is 30.4 Å². The molecule has 0 saturated carbocycles. The number of carbonyl (C=O) groups excluding carboxylic acids is 2. The SMILES string of the molecule is C=C1C=CN(c2c(F)cc(N3CC(CN(c4ccon4)P(=C)(O)OC(=O)CCCCCCC)CC3=O)c(F)c2F)CC1. The van der Waals surface area contributed by atoms with Crippen molar-refractivity contribution < 1.29 is 36.7 Å². The summed E-state index contributed by atoms with van der Waals surface area (Å²) in [4.78, 5) is 38.9. The minimum atomic E-state index is -3.81. The van der Waals surface area contributed by atoms with Crippen molar-refractivity contribution in [2.24, 2.45) is 5.92 Å². The van der Waals surface area contributed by atoms with Gasteiger partial charge in [-0.3, -0.25) is 14.3 Å². The minimum Gasteiger partial charge on any atom is -0.405 e. The lowest BCUT2D eigenvalue weighted by Crippen LogP contribution is -2.31. The van der Waals surface area contributed by atoms with Gasteiger partial charge in [-0.25, -0.2) is 13.2 Å². The van der Waals surface area contributed by atoms with Gasteiger partial charge in [0.25, 0.3) is 7.49 Å². The molecule has 13 heteroatoms. The smallest absolute Gasteiger partial charge is 0.311 e. The third-order valence-electron chi connectivity index (χ3n) is 7.29. The van der Waals surface area contributed by atoms with Crippen LogP contribution in [0.5, 0.6) is 0 Å². The van der Waals surface area contributed by atoms with Crippen LogP contribution in [0.3, 0.4) is 0 Å². The first-order chi connectivity index (χ1) is 20.0. The fourth-order valence-electron chi connectivity index (χ4n) is 5.07. The summed E-state index contributed by atoms with van der Waals surface area (Å²) in [6.45, 7) is 5.93. The predicted molar refractivity (Wildman–Crippen MR) is 157 cm³/mol. The van der Waals surface area contributed by atoms with Crippen LogP contribution < -0.4 is 14.5 Å². The Labute approximate surface area is 243 Å². The van der Waals surface area contributed by atoms with E-state index in [4.69, 9.17) is 9.05 Å². The molecule has 0 radical (unpaired) electrons. The molecule has 9 nitrogen and oxygen atoms in total. The van der Waals surface area contributed by atoms with E-state index in [1.807, 2.05) is 0 Å². The Bertz CT molecular complexity index is 1380. The molecule has 1 N–H and O–H groups in total. The summed E-state index contributed by atoms with van der Waals surface area (Å²) in [6, 6.07) is 2.25. The average molecular weight is 609 g/mol. The fourth-order valence-corrected chi connectivity index (χ4v) is 6.49. The summed E-state index contributed by atoms with van der Waals surface area (Å²) < 4.78 is 57.1. The first-order valence-electron chi connectivity index (χ1n) is 14.0. The molecule has 1 aromatic heterocycles. The van der Waals surface area contributed by atoms with Crippen molar-refractivity contribution in [2.75, 3.05) is 34.1 Å². The highest BCUT2D eigenvalue weighted by Crippen LogP contribution is 2.49. The Balaban J connectivity index is 1.48. The molecule has 1 fully saturated rings. The van der Waals surface area contributed by atoms with Crippen LogP contribution in [0.25, 0.3) is 0 Å². The molecular formula is C29H36F3N4O5P. The highest BCUT2D eigenvalue weighted by Gasteiger charge is 2.38. The van der Waals surface area contributed by atoms with Crippen LogP contribution in [-0.4, -0.2) is 47.9 Å². The van der Waals surface area contributed by atoms with Crippen molar-refractivity contribution in [3.8, 4) is 0 Å². The van der Waals surface area contributed by atoms with Crippen LogP contribution >= 0.6 is 7.49 Å². The maximum atomic E-state index is 15.3. The Kier molecular flexibility index (Phi) is 10.2. The van der Waals surface area contributed by atoms with E-state index in [1.165, 1.54) is 28.1 Å². The number of hydrogen-bond acceptors (Lipinski definition) is 8. The standard InChI is InChI=1S/C29H36F3N4O5P/c1-4-5-6-7-8-9-26(38)41-42(3,39)36(24-12-15-40-33-24)19-21-16-25(37)35(18-21)23-17-22(30)29(28(32)27(23)31)34-13-10-20(2)11-14-34/h10,12-13,15,17,21,39H,2-9,11,14,16,18-19H2,1H3. The van der Waals surface area contributed by atoms with Crippen LogP contribution in [0, 0.1) is 23.4 Å². The maximum absolute atomic E-state index is 15.3. The quantitative estimate of drug-likeness (QED) is 0.160. The van der Waals surface area contributed by atoms with Crippen molar-refractivity contribution in [3.63, 3.8) is 0 Å². The number of allylic oxidation sites excluding steroid dienone is 1. The molecule has 2 aromatic rings. The molecule has 1 saturated heterocycles. The number of amides is 1. The molecule has 2 aliphatic rings. The molecule has 1 aromatic carbocycles. The number of hydrogen-bond donors (Lipinski definition) is 1. The number of unbranched alkanes of at least 4 members (excludes halogenated alkanes) is 4. The molecule has 228 valence electrons. The number of halogens is 3. The van der Waals surface area contributed by atoms with Crippen molar-refractivity contribution >= 4 is 42.9 Å². The van der Waals surface area contributed by atoms with Gasteiger partial charge < -0.3 is 23.7 Å². The summed E-state index contributed by atoms with van der Waals surface area (Å²) in [5, 5.41) is 3.83. The highest BCUT2D eigenvalue weighted by molar-refractivity contribution is 7.65. The van der Waals surface area contributed by atoms with Gasteiger partial charge in [-0.1, -0.05) is 49.9 Å². The molecule has 4 rings (SSSR count). The maximum Gasteiger partial charge on any atom is 0.311 e. The van der Waals surface area contributed by atoms with E-state index >= 15 is 13.2 Å². The number of anilines is 3. The molecule has 0 spiro atoms. The van der Waals surface area contributed by atoms with E-state index < -0.39 is 54.1 Å². The van der Waals surface area contributed by atoms with Crippen molar-refractivity contribution in [1.29, 1.82) is 0 Å². The third-order valence-corrected chi connectivity index (χ3v) is 8.91. The number of aromatic nitrogens is 1. The first kappa shape index (κ1) is 31.4. The molecule has 3 heterocycles. The number of benzene rings is 1. The van der Waals surface area contributed by atoms with Gasteiger partial charge in [-0.2, -0.15) is 0 Å². The van der Waals surface area contributed by atoms with E-state index in [-0.39, 0.29) is 38.3 Å². The summed E-state index contributed by atoms with van der Waals surface area (Å²) in [5.74, 6) is -5.36. The summed E-state index contributed by atoms with van der Waals surface area (Å²) >= 11 is 0. The van der Waals surface area contributed by atoms with Crippen LogP contribution in [0.2, 0.25) is 0 Å². The normalized spacial score (nSPS) is 18.5. The third kappa shape index (κ3) is 7.28. The highest BCUT2D eigenvalue weighted by atomic mass is 31.2. The monoisotopic (exact) mass is 608 g/mol. The number of nitrogens with zero attached hydrogens (tertiary/aromatic N) is 4. The first-order valence-corrected chi connectivity index (χ1v) is 15.8. The van der Waals surface area contributed by atoms with E-state index in [0.29, 0.717) is 12.8 Å². The molecule has 0 aliphatic carbocycles. The summed E-state index contributed by atoms with van der Waals surface area (Å²) in [5.41, 5.74) is -0.278. The van der Waals surface area contributed by atoms with E-state index in [1.54, 1.807) is 6.08 Å². The average Bonchev–Trinajstić information content (AvgIpc) is 3.60. The Morgan fingerprint density at radius 2 is 2.02 bits per heavy atom. The van der Waals surface area contributed by atoms with Crippen LogP contribution in [-0.2, 0) is 14.1 Å². The van der Waals surface area contributed by atoms with Gasteiger partial charge in [-0.05, 0) is 25.2 Å². The number of rotatable bonds is 13. The Morgan fingerprint density at radius 1 is 1.26 bits per heavy atom. The van der Waals surface area contributed by atoms with Gasteiger partial charge in [0.2, 0.25) is 5.91 Å². The molecule has 42 heavy (non-hydrogen) atoms. The zero-order chi connectivity index (χ0) is 30.4. The van der Waals surface area contributed by atoms with Gasteiger partial charge in [0.05, 0.1) is 5.69 Å². The zero-order valence-corrected chi connectivity index (χ0v) is 24.5. The zero-order valence-electron chi connectivity index (χ0n) is 23.6. The van der Waals surface area contributed by atoms with Crippen LogP contribution in [0.1, 0.15) is 58.3 Å². The van der Waals surface area contributed by atoms with Gasteiger partial charge in [0, 0.05) is 56.7 Å². The largest absolute Gasteiger partial charge is 0.405 e. The lowest BCUT2D eigenvalue weighted by atomic mass is 10.1. The lowest BCUT2D eigenvalue weighted by molar-refractivity contribution is -0.134. The molecule has 2 aliphatic heterocycles. The summed E-state index contributed by atoms with van der Waals surface area (Å²) in [6.07, 6.45) is 13.1. The predicted octanol–water partition coefficient (Wildman–Crippen LogP) is 6.32. The van der Waals surface area contributed by atoms with Crippen molar-refractivity contribution in [2.45, 2.75) is 58.3 Å². The van der Waals surface area contributed by atoms with E-state index in [9.17, 15) is 14.5 Å². The van der Waals surface area contributed by atoms with Gasteiger partial charge in [0.1, 0.15) is 12.0 Å². The second-order valence-electron chi connectivity index (χ2n) is 10.6. The fraction of sp³-hybridized carbons (Fsp3) is 0.448. The summed E-state index contributed by atoms with van der Waals surface area (Å²) in [7, 11) is -3.81. The second-order valence-corrected chi connectivity index (χ2v) is 12.6. The topological polar surface area (TPSA) is 99.3 Å². The molecule has 0 bridgehead atoms. The molecule has 2 atom stereocenters. The van der Waals surface area contributed by atoms with E-state index in [2.05, 4.69) is 25.0 Å². The van der Waals surface area contributed by atoms with Gasteiger partial charge in [-0.15, -0.1) is 0 Å². The van der Waals surface area contributed by atoms with Crippen LogP contribution in [0.15, 0.2) is 47.3 Å². The number of carbonyl (C=O) groups is 2. The van der Waals surface area contributed by atoms with Gasteiger partial charge >= 0.3 is 5.97 Å². The Hall–Kier alpha value is -3.50. The van der Waals surface area contributed by atoms with Gasteiger partial charge in [0.15, 0.2) is 23.3 Å².